The van der Waals surface area contributed by atoms with E-state index in [1.807, 2.05) is 12.1 Å². The number of ether oxygens (including phenoxy) is 1. The highest BCUT2D eigenvalue weighted by molar-refractivity contribution is 5.80. The summed E-state index contributed by atoms with van der Waals surface area (Å²) in [6, 6.07) is 3.77. The van der Waals surface area contributed by atoms with E-state index in [1.54, 1.807) is 12.4 Å². The second-order valence-corrected chi connectivity index (χ2v) is 4.14. The van der Waals surface area contributed by atoms with E-state index in [0.717, 1.165) is 18.4 Å². The van der Waals surface area contributed by atoms with Gasteiger partial charge in [-0.05, 0) is 24.5 Å². The van der Waals surface area contributed by atoms with Gasteiger partial charge >= 0.3 is 0 Å². The second kappa shape index (κ2) is 5.75. The van der Waals surface area contributed by atoms with Crippen LogP contribution in [-0.4, -0.2) is 29.6 Å². The van der Waals surface area contributed by atoms with Gasteiger partial charge in [0.2, 0.25) is 5.91 Å². The van der Waals surface area contributed by atoms with E-state index in [9.17, 15) is 4.79 Å². The summed E-state index contributed by atoms with van der Waals surface area (Å²) in [4.78, 5) is 15.8. The summed E-state index contributed by atoms with van der Waals surface area (Å²) < 4.78 is 5.51. The number of nitrogens with zero attached hydrogens (tertiary/aromatic N) is 1. The largest absolute Gasteiger partial charge is 0.364 e. The Balaban J connectivity index is 1.78. The molecule has 1 aromatic rings. The summed E-state index contributed by atoms with van der Waals surface area (Å²) in [5.74, 6) is -0.0650. The molecule has 2 rings (SSSR count). The summed E-state index contributed by atoms with van der Waals surface area (Å²) >= 11 is 0. The molecular weight excluding hydrogens is 218 g/mol. The first kappa shape index (κ1) is 12.0. The van der Waals surface area contributed by atoms with Crippen LogP contribution in [0.2, 0.25) is 0 Å². The van der Waals surface area contributed by atoms with Crippen LogP contribution in [-0.2, 0) is 16.1 Å². The van der Waals surface area contributed by atoms with Gasteiger partial charge in [-0.3, -0.25) is 9.78 Å². The van der Waals surface area contributed by atoms with Crippen LogP contribution in [0.1, 0.15) is 18.4 Å². The Kier molecular flexibility index (Phi) is 4.06. The SMILES string of the molecule is NC[C@H]1CC[C@@H](C(=O)NCc2cccnc2)O1. The molecule has 0 radical (unpaired) electrons. The molecule has 5 nitrogen and oxygen atoms in total. The zero-order valence-electron chi connectivity index (χ0n) is 9.63. The molecule has 0 bridgehead atoms. The predicted molar refractivity (Wildman–Crippen MR) is 63.0 cm³/mol. The maximum atomic E-state index is 11.8. The first-order valence-corrected chi connectivity index (χ1v) is 5.81. The fourth-order valence-corrected chi connectivity index (χ4v) is 1.88. The van der Waals surface area contributed by atoms with Crippen molar-refractivity contribution in [1.29, 1.82) is 0 Å². The van der Waals surface area contributed by atoms with Crippen LogP contribution in [0.4, 0.5) is 0 Å². The quantitative estimate of drug-likeness (QED) is 0.781. The van der Waals surface area contributed by atoms with Crippen molar-refractivity contribution in [3.05, 3.63) is 30.1 Å². The summed E-state index contributed by atoms with van der Waals surface area (Å²) in [6.07, 6.45) is 4.74. The number of hydrogen-bond acceptors (Lipinski definition) is 4. The fourth-order valence-electron chi connectivity index (χ4n) is 1.88. The standard InChI is InChI=1S/C12H17N3O2/c13-6-10-3-4-11(17-10)12(16)15-8-9-2-1-5-14-7-9/h1-2,5,7,10-11H,3-4,6,8,13H2,(H,15,16)/t10-,11+/m1/s1. The molecule has 1 amide bonds. The number of rotatable bonds is 4. The summed E-state index contributed by atoms with van der Waals surface area (Å²) in [5.41, 5.74) is 6.48. The minimum absolute atomic E-state index is 0.0316. The smallest absolute Gasteiger partial charge is 0.249 e. The molecule has 5 heteroatoms. The van der Waals surface area contributed by atoms with Gasteiger partial charge in [0.15, 0.2) is 0 Å². The molecule has 1 aromatic heterocycles. The van der Waals surface area contributed by atoms with Crippen LogP contribution in [0, 0.1) is 0 Å². The lowest BCUT2D eigenvalue weighted by Gasteiger charge is -2.12. The number of hydrogen-bond donors (Lipinski definition) is 2. The third-order valence-electron chi connectivity index (χ3n) is 2.85. The van der Waals surface area contributed by atoms with Gasteiger partial charge in [-0.25, -0.2) is 0 Å². The van der Waals surface area contributed by atoms with Gasteiger partial charge < -0.3 is 15.8 Å². The Morgan fingerprint density at radius 2 is 2.47 bits per heavy atom. The molecular formula is C12H17N3O2. The van der Waals surface area contributed by atoms with Crippen LogP contribution in [0.3, 0.4) is 0 Å². The zero-order valence-corrected chi connectivity index (χ0v) is 9.63. The van der Waals surface area contributed by atoms with Gasteiger partial charge in [-0.2, -0.15) is 0 Å². The monoisotopic (exact) mass is 235 g/mol. The molecule has 92 valence electrons. The lowest BCUT2D eigenvalue weighted by Crippen LogP contribution is -2.35. The second-order valence-electron chi connectivity index (χ2n) is 4.14. The van der Waals surface area contributed by atoms with Crippen LogP contribution in [0.5, 0.6) is 0 Å². The van der Waals surface area contributed by atoms with Crippen LogP contribution < -0.4 is 11.1 Å². The summed E-state index contributed by atoms with van der Waals surface area (Å²) in [6.45, 7) is 0.964. The molecule has 3 N–H and O–H groups in total. The number of amides is 1. The van der Waals surface area contributed by atoms with Gasteiger partial charge in [-0.15, -0.1) is 0 Å². The van der Waals surface area contributed by atoms with E-state index in [1.165, 1.54) is 0 Å². The van der Waals surface area contributed by atoms with Crippen molar-refractivity contribution < 1.29 is 9.53 Å². The number of carbonyl (C=O) groups excluding carboxylic acids is 1. The van der Waals surface area contributed by atoms with E-state index in [0.29, 0.717) is 13.1 Å². The van der Waals surface area contributed by atoms with Crippen molar-refractivity contribution in [3.8, 4) is 0 Å². The first-order chi connectivity index (χ1) is 8.29. The summed E-state index contributed by atoms with van der Waals surface area (Å²) in [7, 11) is 0. The third kappa shape index (κ3) is 3.25. The molecule has 2 atom stereocenters. The van der Waals surface area contributed by atoms with Crippen molar-refractivity contribution in [2.45, 2.75) is 31.6 Å². The lowest BCUT2D eigenvalue weighted by atomic mass is 10.2. The van der Waals surface area contributed by atoms with Crippen molar-refractivity contribution in [3.63, 3.8) is 0 Å². The lowest BCUT2D eigenvalue weighted by molar-refractivity contribution is -0.132. The number of nitrogens with two attached hydrogens (primary N) is 1. The van der Waals surface area contributed by atoms with E-state index >= 15 is 0 Å². The van der Waals surface area contributed by atoms with Crippen LogP contribution in [0.15, 0.2) is 24.5 Å². The van der Waals surface area contributed by atoms with Crippen LogP contribution >= 0.6 is 0 Å². The number of pyridine rings is 1. The minimum Gasteiger partial charge on any atom is -0.364 e. The Hall–Kier alpha value is -1.46. The molecule has 1 saturated heterocycles. The van der Waals surface area contributed by atoms with Gasteiger partial charge in [0.1, 0.15) is 6.10 Å². The Morgan fingerprint density at radius 1 is 1.59 bits per heavy atom. The third-order valence-corrected chi connectivity index (χ3v) is 2.85. The molecule has 0 unspecified atom stereocenters. The maximum absolute atomic E-state index is 11.8. The number of carbonyl (C=O) groups is 1. The number of nitrogens with one attached hydrogen (secondary N) is 1. The van der Waals surface area contributed by atoms with Crippen molar-refractivity contribution in [1.82, 2.24) is 10.3 Å². The molecule has 1 fully saturated rings. The predicted octanol–water partition coefficient (Wildman–Crippen LogP) is 0.204. The van der Waals surface area contributed by atoms with Crippen molar-refractivity contribution >= 4 is 5.91 Å². The van der Waals surface area contributed by atoms with Gasteiger partial charge in [-0.1, -0.05) is 6.07 Å². The van der Waals surface area contributed by atoms with Crippen molar-refractivity contribution in [2.24, 2.45) is 5.73 Å². The molecule has 0 aromatic carbocycles. The maximum Gasteiger partial charge on any atom is 0.249 e. The Morgan fingerprint density at radius 3 is 3.12 bits per heavy atom. The van der Waals surface area contributed by atoms with E-state index in [2.05, 4.69) is 10.3 Å². The van der Waals surface area contributed by atoms with E-state index in [4.69, 9.17) is 10.5 Å². The average molecular weight is 235 g/mol. The fraction of sp³-hybridized carbons (Fsp3) is 0.500. The molecule has 1 aliphatic heterocycles. The molecule has 17 heavy (non-hydrogen) atoms. The highest BCUT2D eigenvalue weighted by atomic mass is 16.5. The van der Waals surface area contributed by atoms with Crippen molar-refractivity contribution in [2.75, 3.05) is 6.54 Å². The topological polar surface area (TPSA) is 77.2 Å². The Labute approximate surface area is 100 Å². The van der Waals surface area contributed by atoms with Gasteiger partial charge in [0.25, 0.3) is 0 Å². The number of aromatic nitrogens is 1. The summed E-state index contributed by atoms with van der Waals surface area (Å²) in [5, 5.41) is 2.84. The minimum atomic E-state index is -0.347. The molecule has 2 heterocycles. The van der Waals surface area contributed by atoms with E-state index in [-0.39, 0.29) is 18.1 Å². The molecule has 0 saturated carbocycles. The normalized spacial score (nSPS) is 23.6. The first-order valence-electron chi connectivity index (χ1n) is 5.81. The van der Waals surface area contributed by atoms with E-state index < -0.39 is 0 Å². The zero-order chi connectivity index (χ0) is 12.1. The van der Waals surface area contributed by atoms with Gasteiger partial charge in [0.05, 0.1) is 6.10 Å². The molecule has 1 aliphatic rings. The Bertz CT molecular complexity index is 369. The average Bonchev–Trinajstić information content (AvgIpc) is 2.86. The highest BCUT2D eigenvalue weighted by Gasteiger charge is 2.29. The molecule has 0 spiro atoms. The van der Waals surface area contributed by atoms with Crippen LogP contribution in [0.25, 0.3) is 0 Å². The van der Waals surface area contributed by atoms with Gasteiger partial charge in [0, 0.05) is 25.5 Å². The highest BCUT2D eigenvalue weighted by Crippen LogP contribution is 2.18. The molecule has 0 aliphatic carbocycles.